The van der Waals surface area contributed by atoms with E-state index in [1.54, 1.807) is 48.5 Å². The first-order chi connectivity index (χ1) is 15.2. The van der Waals surface area contributed by atoms with E-state index in [0.29, 0.717) is 0 Å². The van der Waals surface area contributed by atoms with Crippen molar-refractivity contribution >= 4 is 0 Å². The van der Waals surface area contributed by atoms with Crippen molar-refractivity contribution in [1.29, 1.82) is 0 Å². The molecule has 0 saturated heterocycles. The molecule has 0 aliphatic rings. The Labute approximate surface area is 211 Å². The van der Waals surface area contributed by atoms with Crippen LogP contribution in [0.25, 0.3) is 0 Å². The van der Waals surface area contributed by atoms with Gasteiger partial charge in [-0.3, -0.25) is 0 Å². The van der Waals surface area contributed by atoms with Crippen molar-refractivity contribution in [2.75, 3.05) is 0 Å². The van der Waals surface area contributed by atoms with Gasteiger partial charge in [-0.05, 0) is 27.7 Å². The molecule has 0 aliphatic carbocycles. The van der Waals surface area contributed by atoms with Gasteiger partial charge in [0.1, 0.15) is 0 Å². The van der Waals surface area contributed by atoms with E-state index in [0.717, 1.165) is 22.3 Å². The Morgan fingerprint density at radius 2 is 0.424 bits per heavy atom. The Kier molecular flexibility index (Phi) is 14.8. The molecule has 4 nitrogen and oxygen atoms in total. The second-order valence-electron chi connectivity index (χ2n) is 7.25. The van der Waals surface area contributed by atoms with Gasteiger partial charge in [0.05, 0.1) is 0 Å². The molecule has 0 heterocycles. The topological polar surface area (TPSA) is 92.2 Å². The molecule has 172 valence electrons. The summed E-state index contributed by atoms with van der Waals surface area (Å²) in [6.45, 7) is 7.83. The van der Waals surface area contributed by atoms with Gasteiger partial charge in [-0.15, -0.1) is 23.0 Å². The average molecular weight is 476 g/mol. The maximum atomic E-state index is 10.4. The van der Waals surface area contributed by atoms with Crippen molar-refractivity contribution in [3.8, 4) is 23.0 Å². The molecule has 0 aliphatic heterocycles. The van der Waals surface area contributed by atoms with Crippen LogP contribution in [-0.2, 0) is 21.7 Å². The largest absolute Gasteiger partial charge is 0.872 e. The van der Waals surface area contributed by atoms with Gasteiger partial charge in [-0.25, -0.2) is 0 Å². The van der Waals surface area contributed by atoms with E-state index in [1.165, 1.54) is 0 Å². The van der Waals surface area contributed by atoms with Gasteiger partial charge in [0.25, 0.3) is 0 Å². The Morgan fingerprint density at radius 1 is 0.303 bits per heavy atom. The molecule has 33 heavy (non-hydrogen) atoms. The first kappa shape index (κ1) is 29.8. The van der Waals surface area contributed by atoms with Crippen LogP contribution in [0.15, 0.2) is 97.1 Å². The van der Waals surface area contributed by atoms with Crippen molar-refractivity contribution in [3.05, 3.63) is 119 Å². The van der Waals surface area contributed by atoms with E-state index in [4.69, 9.17) is 0 Å². The van der Waals surface area contributed by atoms with Crippen molar-refractivity contribution in [3.63, 3.8) is 0 Å². The average Bonchev–Trinajstić information content (AvgIpc) is 2.78. The van der Waals surface area contributed by atoms with Gasteiger partial charge in [-0.1, -0.05) is 119 Å². The van der Waals surface area contributed by atoms with E-state index in [1.807, 2.05) is 76.2 Å². The van der Waals surface area contributed by atoms with E-state index in [2.05, 4.69) is 0 Å². The molecular weight excluding hydrogens is 448 g/mol. The van der Waals surface area contributed by atoms with Gasteiger partial charge < -0.3 is 20.4 Å². The minimum atomic E-state index is 0. The summed E-state index contributed by atoms with van der Waals surface area (Å²) in [5, 5.41) is 41.7. The molecule has 0 N–H and O–H groups in total. The summed E-state index contributed by atoms with van der Waals surface area (Å²) >= 11 is 0. The van der Waals surface area contributed by atoms with Crippen LogP contribution in [0.2, 0.25) is 0 Å². The van der Waals surface area contributed by atoms with Crippen LogP contribution in [0.4, 0.5) is 0 Å². The Bertz CT molecular complexity index is 753. The molecule has 4 aromatic carbocycles. The van der Waals surface area contributed by atoms with Gasteiger partial charge in [-0.2, -0.15) is 0 Å². The molecule has 0 bridgehead atoms. The summed E-state index contributed by atoms with van der Waals surface area (Å²) in [6.07, 6.45) is 0. The fraction of sp³-hybridized carbons (Fsp3) is 0.143. The van der Waals surface area contributed by atoms with Crippen LogP contribution in [0.1, 0.15) is 22.3 Å². The standard InChI is InChI=1S/4C7H8O.Ti/c4*1-6-2-4-7(8)5-3-6;/h4*2-5,8H,1H3;/p-4. The smallest absolute Gasteiger partial charge is 0 e. The molecular formula is C28H28O4Ti-4. The molecule has 5 heteroatoms. The number of aryl methyl sites for hydroxylation is 4. The van der Waals surface area contributed by atoms with Crippen LogP contribution >= 0.6 is 0 Å². The van der Waals surface area contributed by atoms with Gasteiger partial charge in [0.15, 0.2) is 0 Å². The number of hydrogen-bond donors (Lipinski definition) is 0. The Balaban J connectivity index is 0.000000410. The van der Waals surface area contributed by atoms with Crippen molar-refractivity contribution in [2.45, 2.75) is 27.7 Å². The van der Waals surface area contributed by atoms with E-state index < -0.39 is 0 Å². The SMILES string of the molecule is Cc1ccc([O-])cc1.Cc1ccc([O-])cc1.Cc1ccc([O-])cc1.Cc1ccc([O-])cc1.[Ti]. The summed E-state index contributed by atoms with van der Waals surface area (Å²) < 4.78 is 0. The minimum Gasteiger partial charge on any atom is -0.872 e. The summed E-state index contributed by atoms with van der Waals surface area (Å²) in [5.74, 6) is 0.317. The molecule has 4 rings (SSSR count). The molecule has 0 unspecified atom stereocenters. The second-order valence-corrected chi connectivity index (χ2v) is 7.25. The molecule has 0 fully saturated rings. The third kappa shape index (κ3) is 15.3. The Hall–Kier alpha value is -3.21. The fourth-order valence-corrected chi connectivity index (χ4v) is 2.15. The van der Waals surface area contributed by atoms with E-state index in [-0.39, 0.29) is 44.7 Å². The monoisotopic (exact) mass is 476 g/mol. The zero-order chi connectivity index (χ0) is 23.9. The van der Waals surface area contributed by atoms with Crippen LogP contribution in [0.5, 0.6) is 23.0 Å². The molecule has 0 aromatic heterocycles. The van der Waals surface area contributed by atoms with E-state index >= 15 is 0 Å². The summed E-state index contributed by atoms with van der Waals surface area (Å²) in [5.41, 5.74) is 4.52. The third-order valence-electron chi connectivity index (χ3n) is 4.08. The number of hydrogen-bond acceptors (Lipinski definition) is 4. The van der Waals surface area contributed by atoms with Gasteiger partial charge >= 0.3 is 0 Å². The molecule has 0 saturated carbocycles. The second kappa shape index (κ2) is 16.4. The Morgan fingerprint density at radius 3 is 0.515 bits per heavy atom. The van der Waals surface area contributed by atoms with Crippen molar-refractivity contribution < 1.29 is 42.1 Å². The van der Waals surface area contributed by atoms with Gasteiger partial charge in [0, 0.05) is 21.7 Å². The number of benzene rings is 4. The molecule has 0 radical (unpaired) electrons. The van der Waals surface area contributed by atoms with Crippen molar-refractivity contribution in [1.82, 2.24) is 0 Å². The summed E-state index contributed by atoms with van der Waals surface area (Å²) in [6, 6.07) is 27.0. The quantitative estimate of drug-likeness (QED) is 0.355. The van der Waals surface area contributed by atoms with E-state index in [9.17, 15) is 20.4 Å². The normalized spacial score (nSPS) is 8.85. The summed E-state index contributed by atoms with van der Waals surface area (Å²) in [7, 11) is 0. The van der Waals surface area contributed by atoms with Gasteiger partial charge in [0.2, 0.25) is 0 Å². The molecule has 0 atom stereocenters. The minimum absolute atomic E-state index is 0. The fourth-order valence-electron chi connectivity index (χ4n) is 2.15. The van der Waals surface area contributed by atoms with Crippen LogP contribution in [0.3, 0.4) is 0 Å². The zero-order valence-electron chi connectivity index (χ0n) is 19.4. The zero-order valence-corrected chi connectivity index (χ0v) is 20.9. The van der Waals surface area contributed by atoms with Crippen molar-refractivity contribution in [2.24, 2.45) is 0 Å². The maximum Gasteiger partial charge on any atom is 0 e. The predicted molar refractivity (Wildman–Crippen MR) is 123 cm³/mol. The maximum absolute atomic E-state index is 10.4. The molecule has 4 aromatic rings. The summed E-state index contributed by atoms with van der Waals surface area (Å²) in [4.78, 5) is 0. The molecule has 0 amide bonds. The number of rotatable bonds is 0. The third-order valence-corrected chi connectivity index (χ3v) is 4.08. The van der Waals surface area contributed by atoms with Crippen LogP contribution < -0.4 is 20.4 Å². The van der Waals surface area contributed by atoms with Crippen LogP contribution in [0, 0.1) is 27.7 Å². The first-order valence-corrected chi connectivity index (χ1v) is 10.1. The first-order valence-electron chi connectivity index (χ1n) is 10.1. The molecule has 0 spiro atoms. The predicted octanol–water partition coefficient (Wildman–Crippen LogP) is 4.27. The van der Waals surface area contributed by atoms with Crippen LogP contribution in [-0.4, -0.2) is 0 Å².